The first-order valence-corrected chi connectivity index (χ1v) is 3.85. The van der Waals surface area contributed by atoms with E-state index in [2.05, 4.69) is 9.72 Å². The molecule has 0 saturated carbocycles. The third-order valence-corrected chi connectivity index (χ3v) is 1.53. The molecule has 0 aromatic carbocycles. The van der Waals surface area contributed by atoms with E-state index in [0.717, 1.165) is 0 Å². The summed E-state index contributed by atoms with van der Waals surface area (Å²) in [6.07, 6.45) is -5.05. The van der Waals surface area contributed by atoms with Crippen molar-refractivity contribution < 1.29 is 22.8 Å². The Hall–Kier alpha value is -2.57. The fraction of sp³-hybridized carbons (Fsp3) is 0.143. The van der Waals surface area contributed by atoms with Gasteiger partial charge in [-0.1, -0.05) is 0 Å². The van der Waals surface area contributed by atoms with Crippen LogP contribution >= 0.6 is 0 Å². The molecule has 0 unspecified atom stereocenters. The number of ether oxygens (including phenoxy) is 1. The quantitative estimate of drug-likeness (QED) is 0.623. The van der Waals surface area contributed by atoms with Crippen molar-refractivity contribution in [1.29, 1.82) is 5.26 Å². The number of nitrogens with two attached hydrogens (primary N) is 1. The summed E-state index contributed by atoms with van der Waals surface area (Å²) in [4.78, 5) is 12.5. The number of hydrogen-bond acceptors (Lipinski definition) is 6. The van der Waals surface area contributed by atoms with Gasteiger partial charge in [-0.2, -0.15) is 10.2 Å². The highest BCUT2D eigenvalue weighted by atomic mass is 19.4. The number of aromatic nitrogens is 1. The van der Waals surface area contributed by atoms with Crippen molar-refractivity contribution in [3.8, 4) is 11.9 Å². The second-order valence-corrected chi connectivity index (χ2v) is 2.66. The van der Waals surface area contributed by atoms with Gasteiger partial charge < -0.3 is 10.5 Å². The van der Waals surface area contributed by atoms with Crippen molar-refractivity contribution in [3.63, 3.8) is 0 Å². The van der Waals surface area contributed by atoms with Crippen LogP contribution in [0.4, 0.5) is 24.7 Å². The topological polar surface area (TPSA) is 115 Å². The minimum atomic E-state index is -5.05. The lowest BCUT2D eigenvalue weighted by molar-refractivity contribution is -0.385. The molecule has 0 spiro atoms. The summed E-state index contributed by atoms with van der Waals surface area (Å²) in [5.41, 5.74) is 3.58. The minimum absolute atomic E-state index is 0.377. The van der Waals surface area contributed by atoms with Gasteiger partial charge in [0.25, 0.3) is 5.69 Å². The first-order valence-electron chi connectivity index (χ1n) is 3.85. The van der Waals surface area contributed by atoms with Crippen molar-refractivity contribution in [2.45, 2.75) is 6.36 Å². The van der Waals surface area contributed by atoms with Gasteiger partial charge in [0.2, 0.25) is 5.88 Å². The molecule has 2 N–H and O–H groups in total. The minimum Gasteiger partial charge on any atom is -0.388 e. The summed E-state index contributed by atoms with van der Waals surface area (Å²) in [5.74, 6) is -1.80. The van der Waals surface area contributed by atoms with E-state index >= 15 is 0 Å². The summed E-state index contributed by atoms with van der Waals surface area (Å²) >= 11 is 0. The van der Waals surface area contributed by atoms with Crippen molar-refractivity contribution in [1.82, 2.24) is 4.98 Å². The number of pyridine rings is 1. The number of nitro groups is 1. The van der Waals surface area contributed by atoms with Gasteiger partial charge in [0.05, 0.1) is 11.0 Å². The fourth-order valence-electron chi connectivity index (χ4n) is 0.957. The zero-order valence-corrected chi connectivity index (χ0v) is 7.85. The molecular formula is C7H3F3N4O3. The lowest BCUT2D eigenvalue weighted by atomic mass is 10.2. The Bertz CT molecular complexity index is 508. The molecule has 1 aromatic heterocycles. The molecule has 1 rings (SSSR count). The third-order valence-electron chi connectivity index (χ3n) is 1.53. The maximum Gasteiger partial charge on any atom is 0.574 e. The Morgan fingerprint density at radius 1 is 1.59 bits per heavy atom. The molecule has 10 heteroatoms. The van der Waals surface area contributed by atoms with Crippen LogP contribution in [0.2, 0.25) is 0 Å². The van der Waals surface area contributed by atoms with Gasteiger partial charge in [-0.25, -0.2) is 0 Å². The third kappa shape index (κ3) is 2.94. The van der Waals surface area contributed by atoms with Crippen LogP contribution in [0.1, 0.15) is 5.56 Å². The molecule has 90 valence electrons. The Balaban J connectivity index is 3.31. The van der Waals surface area contributed by atoms with Gasteiger partial charge in [-0.3, -0.25) is 10.1 Å². The summed E-state index contributed by atoms with van der Waals surface area (Å²) < 4.78 is 38.9. The fourth-order valence-corrected chi connectivity index (χ4v) is 0.957. The molecule has 0 amide bonds. The number of alkyl halides is 3. The Labute approximate surface area is 91.4 Å². The molecule has 0 radical (unpaired) electrons. The number of nitriles is 1. The normalized spacial score (nSPS) is 10.7. The van der Waals surface area contributed by atoms with E-state index in [-0.39, 0.29) is 0 Å². The Kier molecular flexibility index (Phi) is 3.03. The SMILES string of the molecule is N#Cc1c([N+](=O)[O-])cc(OC(F)(F)F)nc1N. The summed E-state index contributed by atoms with van der Waals surface area (Å²) in [7, 11) is 0. The second-order valence-electron chi connectivity index (χ2n) is 2.66. The molecule has 0 fully saturated rings. The monoisotopic (exact) mass is 248 g/mol. The standard InChI is InChI=1S/C7H3F3N4O3/c8-7(9,10)17-5-1-4(14(15)16)3(2-11)6(12)13-5/h1H,(H2,12,13). The smallest absolute Gasteiger partial charge is 0.388 e. The van der Waals surface area contributed by atoms with Gasteiger partial charge in [0.1, 0.15) is 6.07 Å². The highest BCUT2D eigenvalue weighted by Crippen LogP contribution is 2.29. The average molecular weight is 248 g/mol. The van der Waals surface area contributed by atoms with Crippen LogP contribution in [-0.4, -0.2) is 16.3 Å². The molecule has 0 saturated heterocycles. The van der Waals surface area contributed by atoms with Crippen LogP contribution < -0.4 is 10.5 Å². The number of rotatable bonds is 2. The zero-order chi connectivity index (χ0) is 13.2. The summed E-state index contributed by atoms with van der Waals surface area (Å²) in [6.45, 7) is 0. The number of nitrogens with zero attached hydrogens (tertiary/aromatic N) is 3. The van der Waals surface area contributed by atoms with Crippen LogP contribution in [0.25, 0.3) is 0 Å². The van der Waals surface area contributed by atoms with E-state index in [1.165, 1.54) is 6.07 Å². The van der Waals surface area contributed by atoms with Crippen molar-refractivity contribution >= 4 is 11.5 Å². The van der Waals surface area contributed by atoms with Crippen LogP contribution in [0.5, 0.6) is 5.88 Å². The van der Waals surface area contributed by atoms with Crippen LogP contribution in [0.15, 0.2) is 6.07 Å². The van der Waals surface area contributed by atoms with Crippen LogP contribution in [-0.2, 0) is 0 Å². The van der Waals surface area contributed by atoms with E-state index < -0.39 is 34.2 Å². The highest BCUT2D eigenvalue weighted by Gasteiger charge is 2.33. The average Bonchev–Trinajstić information content (AvgIpc) is 2.13. The van der Waals surface area contributed by atoms with E-state index in [9.17, 15) is 23.3 Å². The predicted octanol–water partition coefficient (Wildman–Crippen LogP) is 1.34. The first-order chi connectivity index (χ1) is 7.74. The van der Waals surface area contributed by atoms with Crippen molar-refractivity contribution in [3.05, 3.63) is 21.7 Å². The van der Waals surface area contributed by atoms with Crippen molar-refractivity contribution in [2.75, 3.05) is 5.73 Å². The lowest BCUT2D eigenvalue weighted by Crippen LogP contribution is -2.18. The maximum atomic E-state index is 11.9. The van der Waals surface area contributed by atoms with Crippen molar-refractivity contribution in [2.24, 2.45) is 0 Å². The largest absolute Gasteiger partial charge is 0.574 e. The summed E-state index contributed by atoms with van der Waals surface area (Å²) in [5, 5.41) is 19.0. The first kappa shape index (κ1) is 12.5. The molecule has 0 aliphatic rings. The van der Waals surface area contributed by atoms with Gasteiger partial charge in [-0.15, -0.1) is 13.2 Å². The molecule has 0 atom stereocenters. The highest BCUT2D eigenvalue weighted by molar-refractivity contribution is 5.62. The predicted molar refractivity (Wildman–Crippen MR) is 46.7 cm³/mol. The number of nitrogen functional groups attached to an aromatic ring is 1. The van der Waals surface area contributed by atoms with Crippen LogP contribution in [0, 0.1) is 21.4 Å². The van der Waals surface area contributed by atoms with Gasteiger partial charge in [-0.05, 0) is 0 Å². The second kappa shape index (κ2) is 4.12. The summed E-state index contributed by atoms with van der Waals surface area (Å²) in [6, 6.07) is 1.75. The number of halogens is 3. The molecular weight excluding hydrogens is 245 g/mol. The van der Waals surface area contributed by atoms with Gasteiger partial charge in [0, 0.05) is 0 Å². The van der Waals surface area contributed by atoms with E-state index in [4.69, 9.17) is 11.0 Å². The molecule has 0 aliphatic heterocycles. The Morgan fingerprint density at radius 3 is 2.59 bits per heavy atom. The molecule has 1 aromatic rings. The molecule has 17 heavy (non-hydrogen) atoms. The van der Waals surface area contributed by atoms with E-state index in [1.807, 2.05) is 0 Å². The molecule has 0 aliphatic carbocycles. The maximum absolute atomic E-state index is 11.9. The molecule has 7 nitrogen and oxygen atoms in total. The lowest BCUT2D eigenvalue weighted by Gasteiger charge is -2.08. The van der Waals surface area contributed by atoms with E-state index in [0.29, 0.717) is 6.07 Å². The number of anilines is 1. The van der Waals surface area contributed by atoms with Gasteiger partial charge >= 0.3 is 6.36 Å². The molecule has 0 bridgehead atoms. The Morgan fingerprint density at radius 2 is 2.18 bits per heavy atom. The van der Waals surface area contributed by atoms with Gasteiger partial charge in [0.15, 0.2) is 11.4 Å². The zero-order valence-electron chi connectivity index (χ0n) is 7.85. The van der Waals surface area contributed by atoms with Crippen LogP contribution in [0.3, 0.4) is 0 Å². The van der Waals surface area contributed by atoms with E-state index in [1.54, 1.807) is 0 Å². The molecule has 1 heterocycles. The number of hydrogen-bond donors (Lipinski definition) is 1.